The summed E-state index contributed by atoms with van der Waals surface area (Å²) in [7, 11) is 0. The Balaban J connectivity index is 1.40. The van der Waals surface area contributed by atoms with Crippen LogP contribution in [0.15, 0.2) is 24.8 Å². The number of imidazole rings is 1. The van der Waals surface area contributed by atoms with E-state index >= 15 is 0 Å². The van der Waals surface area contributed by atoms with Crippen molar-refractivity contribution in [3.63, 3.8) is 0 Å². The van der Waals surface area contributed by atoms with E-state index in [2.05, 4.69) is 32.1 Å². The number of nitrogens with one attached hydrogen (secondary N) is 1. The van der Waals surface area contributed by atoms with Crippen LogP contribution in [0.2, 0.25) is 0 Å². The van der Waals surface area contributed by atoms with Gasteiger partial charge in [0.15, 0.2) is 10.9 Å². The van der Waals surface area contributed by atoms with Crippen molar-refractivity contribution >= 4 is 28.2 Å². The molecular formula is C17H19FN6O2S. The van der Waals surface area contributed by atoms with Crippen molar-refractivity contribution in [3.05, 3.63) is 35.6 Å². The van der Waals surface area contributed by atoms with E-state index in [1.165, 1.54) is 6.92 Å². The third-order valence-corrected chi connectivity index (χ3v) is 5.40. The number of ether oxygens (including phenoxy) is 1. The fourth-order valence-electron chi connectivity index (χ4n) is 3.22. The van der Waals surface area contributed by atoms with Gasteiger partial charge < -0.3 is 10.1 Å². The van der Waals surface area contributed by atoms with Gasteiger partial charge in [0.2, 0.25) is 17.6 Å². The SMILES string of the molecule is CC(=O)Nc1nc(F)c(CN2C[C@H](Oc3cnc4nccn4c3)C[C@@H]2C)s1. The zero-order chi connectivity index (χ0) is 19.0. The number of halogens is 1. The highest BCUT2D eigenvalue weighted by molar-refractivity contribution is 7.15. The minimum Gasteiger partial charge on any atom is -0.486 e. The number of rotatable bonds is 5. The maximum Gasteiger partial charge on any atom is 0.233 e. The molecule has 4 heterocycles. The molecular weight excluding hydrogens is 371 g/mol. The molecule has 0 aliphatic carbocycles. The number of thiazole rings is 1. The highest BCUT2D eigenvalue weighted by Crippen LogP contribution is 2.28. The maximum atomic E-state index is 14.1. The average Bonchev–Trinajstić information content (AvgIpc) is 3.28. The third-order valence-electron chi connectivity index (χ3n) is 4.47. The molecule has 142 valence electrons. The molecule has 3 aromatic rings. The zero-order valence-corrected chi connectivity index (χ0v) is 15.7. The van der Waals surface area contributed by atoms with Crippen LogP contribution in [0.5, 0.6) is 5.75 Å². The van der Waals surface area contributed by atoms with E-state index in [1.807, 2.05) is 16.8 Å². The van der Waals surface area contributed by atoms with Gasteiger partial charge >= 0.3 is 0 Å². The molecule has 8 nitrogen and oxygen atoms in total. The summed E-state index contributed by atoms with van der Waals surface area (Å²) in [4.78, 5) is 25.9. The van der Waals surface area contributed by atoms with Gasteiger partial charge in [0, 0.05) is 44.9 Å². The number of likely N-dealkylation sites (tertiary alicyclic amines) is 1. The fraction of sp³-hybridized carbons (Fsp3) is 0.412. The number of hydrogen-bond acceptors (Lipinski definition) is 7. The molecule has 3 aromatic heterocycles. The van der Waals surface area contributed by atoms with E-state index < -0.39 is 5.95 Å². The monoisotopic (exact) mass is 390 g/mol. The number of amides is 1. The lowest BCUT2D eigenvalue weighted by Gasteiger charge is -2.19. The van der Waals surface area contributed by atoms with Gasteiger partial charge in [-0.25, -0.2) is 9.97 Å². The quantitative estimate of drug-likeness (QED) is 0.720. The Labute approximate surface area is 159 Å². The van der Waals surface area contributed by atoms with Crippen molar-refractivity contribution in [3.8, 4) is 5.75 Å². The molecule has 1 saturated heterocycles. The summed E-state index contributed by atoms with van der Waals surface area (Å²) in [5, 5.41) is 2.81. The third kappa shape index (κ3) is 3.91. The van der Waals surface area contributed by atoms with Crippen molar-refractivity contribution in [2.24, 2.45) is 0 Å². The van der Waals surface area contributed by atoms with Crippen LogP contribution in [-0.2, 0) is 11.3 Å². The second-order valence-corrected chi connectivity index (χ2v) is 7.68. The molecule has 0 unspecified atom stereocenters. The lowest BCUT2D eigenvalue weighted by Crippen LogP contribution is -2.28. The topological polar surface area (TPSA) is 84.7 Å². The molecule has 1 aliphatic heterocycles. The lowest BCUT2D eigenvalue weighted by molar-refractivity contribution is -0.114. The van der Waals surface area contributed by atoms with Gasteiger partial charge in [-0.1, -0.05) is 11.3 Å². The van der Waals surface area contributed by atoms with Gasteiger partial charge in [0.25, 0.3) is 0 Å². The smallest absolute Gasteiger partial charge is 0.233 e. The molecule has 0 bridgehead atoms. The second kappa shape index (κ2) is 7.20. The molecule has 4 rings (SSSR count). The summed E-state index contributed by atoms with van der Waals surface area (Å²) >= 11 is 1.16. The predicted molar refractivity (Wildman–Crippen MR) is 98.3 cm³/mol. The minimum absolute atomic E-state index is 0.00595. The summed E-state index contributed by atoms with van der Waals surface area (Å²) in [6.07, 6.45) is 7.85. The Hall–Kier alpha value is -2.59. The number of anilines is 1. The molecule has 0 spiro atoms. The molecule has 1 amide bonds. The van der Waals surface area contributed by atoms with Crippen LogP contribution in [-0.4, -0.2) is 48.9 Å². The zero-order valence-electron chi connectivity index (χ0n) is 14.9. The number of hydrogen-bond donors (Lipinski definition) is 1. The number of fused-ring (bicyclic) bond motifs is 1. The molecule has 1 N–H and O–H groups in total. The Morgan fingerprint density at radius 2 is 2.33 bits per heavy atom. The highest BCUT2D eigenvalue weighted by atomic mass is 32.1. The lowest BCUT2D eigenvalue weighted by atomic mass is 10.2. The van der Waals surface area contributed by atoms with Crippen LogP contribution in [0.1, 0.15) is 25.1 Å². The molecule has 2 atom stereocenters. The molecule has 10 heteroatoms. The van der Waals surface area contributed by atoms with Crippen LogP contribution in [0.3, 0.4) is 0 Å². The standard InChI is InChI=1S/C17H19FN6O2S/c1-10-5-12(26-13-6-20-16-19-3-4-23(16)8-13)7-24(10)9-14-15(18)22-17(27-14)21-11(2)25/h3-4,6,8,10,12H,5,7,9H2,1-2H3,(H,21,22,25)/t10-,12+/m0/s1. The van der Waals surface area contributed by atoms with Gasteiger partial charge in [0.1, 0.15) is 6.10 Å². The summed E-state index contributed by atoms with van der Waals surface area (Å²) in [5.74, 6) is 0.507. The van der Waals surface area contributed by atoms with Gasteiger partial charge in [-0.05, 0) is 6.92 Å². The Morgan fingerprint density at radius 3 is 3.15 bits per heavy atom. The van der Waals surface area contributed by atoms with Crippen LogP contribution in [0.4, 0.5) is 9.52 Å². The summed E-state index contributed by atoms with van der Waals surface area (Å²) < 4.78 is 21.9. The van der Waals surface area contributed by atoms with Crippen molar-refractivity contribution in [1.82, 2.24) is 24.3 Å². The molecule has 1 aliphatic rings. The van der Waals surface area contributed by atoms with Crippen molar-refractivity contribution in [2.75, 3.05) is 11.9 Å². The fourth-order valence-corrected chi connectivity index (χ4v) is 4.14. The largest absolute Gasteiger partial charge is 0.486 e. The molecule has 1 fully saturated rings. The Bertz CT molecular complexity index is 973. The molecule has 0 aromatic carbocycles. The summed E-state index contributed by atoms with van der Waals surface area (Å²) in [6.45, 7) is 4.58. The highest BCUT2D eigenvalue weighted by Gasteiger charge is 2.31. The molecule has 0 saturated carbocycles. The Kier molecular flexibility index (Phi) is 4.75. The first kappa shape index (κ1) is 17.8. The van der Waals surface area contributed by atoms with Crippen LogP contribution in [0.25, 0.3) is 5.78 Å². The van der Waals surface area contributed by atoms with Crippen LogP contribution in [0, 0.1) is 5.95 Å². The first-order valence-electron chi connectivity index (χ1n) is 8.60. The second-order valence-electron chi connectivity index (χ2n) is 6.59. The molecule has 0 radical (unpaired) electrons. The van der Waals surface area contributed by atoms with E-state index in [0.717, 1.165) is 17.8 Å². The van der Waals surface area contributed by atoms with E-state index in [0.29, 0.717) is 29.5 Å². The summed E-state index contributed by atoms with van der Waals surface area (Å²) in [6, 6.07) is 0.241. The molecule has 27 heavy (non-hydrogen) atoms. The van der Waals surface area contributed by atoms with Gasteiger partial charge in [0.05, 0.1) is 17.3 Å². The van der Waals surface area contributed by atoms with Gasteiger partial charge in [-0.15, -0.1) is 0 Å². The van der Waals surface area contributed by atoms with Crippen molar-refractivity contribution in [1.29, 1.82) is 0 Å². The minimum atomic E-state index is -0.532. The summed E-state index contributed by atoms with van der Waals surface area (Å²) in [5.41, 5.74) is 0. The van der Waals surface area contributed by atoms with Crippen LogP contribution < -0.4 is 10.1 Å². The number of nitrogens with zero attached hydrogens (tertiary/aromatic N) is 5. The van der Waals surface area contributed by atoms with E-state index in [4.69, 9.17) is 4.74 Å². The van der Waals surface area contributed by atoms with Gasteiger partial charge in [-0.3, -0.25) is 14.1 Å². The number of aromatic nitrogens is 4. The van der Waals surface area contributed by atoms with E-state index in [-0.39, 0.29) is 23.2 Å². The first-order valence-corrected chi connectivity index (χ1v) is 9.42. The predicted octanol–water partition coefficient (Wildman–Crippen LogP) is 2.33. The van der Waals surface area contributed by atoms with Gasteiger partial charge in [-0.2, -0.15) is 9.37 Å². The Morgan fingerprint density at radius 1 is 1.48 bits per heavy atom. The average molecular weight is 390 g/mol. The first-order chi connectivity index (χ1) is 13.0. The van der Waals surface area contributed by atoms with Crippen molar-refractivity contribution in [2.45, 2.75) is 39.0 Å². The number of carbonyl (C=O) groups is 1. The normalized spacial score (nSPS) is 20.3. The number of carbonyl (C=O) groups excluding carboxylic acids is 1. The van der Waals surface area contributed by atoms with E-state index in [9.17, 15) is 9.18 Å². The van der Waals surface area contributed by atoms with Crippen molar-refractivity contribution < 1.29 is 13.9 Å². The maximum absolute atomic E-state index is 14.1. The van der Waals surface area contributed by atoms with Crippen LogP contribution >= 0.6 is 11.3 Å². The van der Waals surface area contributed by atoms with E-state index in [1.54, 1.807) is 12.4 Å².